The van der Waals surface area contributed by atoms with Gasteiger partial charge in [-0.3, -0.25) is 9.59 Å². The third-order valence-electron chi connectivity index (χ3n) is 6.03. The van der Waals surface area contributed by atoms with Crippen molar-refractivity contribution in [2.24, 2.45) is 0 Å². The van der Waals surface area contributed by atoms with Crippen LogP contribution in [0.5, 0.6) is 0 Å². The Balaban J connectivity index is 1.23. The van der Waals surface area contributed by atoms with Gasteiger partial charge in [0.1, 0.15) is 19.2 Å². The van der Waals surface area contributed by atoms with Crippen LogP contribution in [0.4, 0.5) is 4.79 Å². The van der Waals surface area contributed by atoms with Gasteiger partial charge in [0, 0.05) is 12.5 Å². The quantitative estimate of drug-likeness (QED) is 0.589. The number of aliphatic carboxylic acids is 1. The number of amides is 3. The SMILES string of the molecule is O=C(CNC(=O)OCC1c2ccccc2-c2ccccc21)NCC(=O)N1CCC[C@H]1C(=O)O. The van der Waals surface area contributed by atoms with E-state index in [2.05, 4.69) is 10.6 Å². The lowest BCUT2D eigenvalue weighted by Gasteiger charge is -2.21. The van der Waals surface area contributed by atoms with E-state index in [9.17, 15) is 19.2 Å². The fraction of sp³-hybridized carbons (Fsp3) is 0.333. The highest BCUT2D eigenvalue weighted by Gasteiger charge is 2.34. The lowest BCUT2D eigenvalue weighted by atomic mass is 9.98. The summed E-state index contributed by atoms with van der Waals surface area (Å²) in [6, 6.07) is 15.1. The van der Waals surface area contributed by atoms with Crippen molar-refractivity contribution in [2.75, 3.05) is 26.2 Å². The molecule has 0 bridgehead atoms. The predicted octanol–water partition coefficient (Wildman–Crippen LogP) is 1.72. The van der Waals surface area contributed by atoms with E-state index < -0.39 is 29.9 Å². The maximum Gasteiger partial charge on any atom is 0.407 e. The first-order chi connectivity index (χ1) is 16.0. The summed E-state index contributed by atoms with van der Waals surface area (Å²) >= 11 is 0. The van der Waals surface area contributed by atoms with Gasteiger partial charge in [-0.05, 0) is 35.1 Å². The van der Waals surface area contributed by atoms with E-state index >= 15 is 0 Å². The normalized spacial score (nSPS) is 16.6. The second kappa shape index (κ2) is 9.72. The number of hydrogen-bond donors (Lipinski definition) is 3. The van der Waals surface area contributed by atoms with Gasteiger partial charge in [-0.1, -0.05) is 48.5 Å². The van der Waals surface area contributed by atoms with Crippen molar-refractivity contribution < 1.29 is 29.0 Å². The van der Waals surface area contributed by atoms with Gasteiger partial charge in [0.25, 0.3) is 0 Å². The van der Waals surface area contributed by atoms with Gasteiger partial charge in [-0.15, -0.1) is 0 Å². The van der Waals surface area contributed by atoms with Crippen molar-refractivity contribution in [1.29, 1.82) is 0 Å². The Labute approximate surface area is 190 Å². The smallest absolute Gasteiger partial charge is 0.407 e. The molecule has 3 N–H and O–H groups in total. The minimum Gasteiger partial charge on any atom is -0.480 e. The molecule has 33 heavy (non-hydrogen) atoms. The first-order valence-corrected chi connectivity index (χ1v) is 10.8. The summed E-state index contributed by atoms with van der Waals surface area (Å²) in [7, 11) is 0. The Morgan fingerprint density at radius 1 is 0.939 bits per heavy atom. The van der Waals surface area contributed by atoms with Gasteiger partial charge in [0.2, 0.25) is 11.8 Å². The molecule has 1 atom stereocenters. The Kier molecular flexibility index (Phi) is 6.58. The Hall–Kier alpha value is -3.88. The van der Waals surface area contributed by atoms with E-state index in [1.54, 1.807) is 0 Å². The molecule has 172 valence electrons. The lowest BCUT2D eigenvalue weighted by molar-refractivity contribution is -0.148. The molecule has 0 spiro atoms. The summed E-state index contributed by atoms with van der Waals surface area (Å²) in [5, 5.41) is 13.9. The first-order valence-electron chi connectivity index (χ1n) is 10.8. The largest absolute Gasteiger partial charge is 0.480 e. The van der Waals surface area contributed by atoms with Crippen LogP contribution in [0, 0.1) is 0 Å². The average molecular weight is 451 g/mol. The molecule has 1 fully saturated rings. The summed E-state index contributed by atoms with van der Waals surface area (Å²) in [6.45, 7) is -0.198. The minimum absolute atomic E-state index is 0.0859. The topological polar surface area (TPSA) is 125 Å². The van der Waals surface area contributed by atoms with Gasteiger partial charge >= 0.3 is 12.1 Å². The second-order valence-corrected chi connectivity index (χ2v) is 8.04. The van der Waals surface area contributed by atoms with Crippen LogP contribution in [-0.4, -0.2) is 66.2 Å². The molecule has 9 nitrogen and oxygen atoms in total. The summed E-state index contributed by atoms with van der Waals surface area (Å²) in [5.74, 6) is -2.17. The van der Waals surface area contributed by atoms with Crippen LogP contribution in [0.3, 0.4) is 0 Å². The second-order valence-electron chi connectivity index (χ2n) is 8.04. The number of rotatable bonds is 7. The number of carboxylic acids is 1. The third-order valence-corrected chi connectivity index (χ3v) is 6.03. The van der Waals surface area contributed by atoms with Crippen molar-refractivity contribution >= 4 is 23.9 Å². The summed E-state index contributed by atoms with van der Waals surface area (Å²) in [6.07, 6.45) is 0.280. The van der Waals surface area contributed by atoms with Gasteiger partial charge in [0.15, 0.2) is 0 Å². The number of likely N-dealkylation sites (tertiary alicyclic amines) is 1. The van der Waals surface area contributed by atoms with Gasteiger partial charge in [0.05, 0.1) is 6.54 Å². The number of alkyl carbamates (subject to hydrolysis) is 1. The van der Waals surface area contributed by atoms with E-state index in [4.69, 9.17) is 9.84 Å². The number of carboxylic acid groups (broad SMARTS) is 1. The van der Waals surface area contributed by atoms with Crippen LogP contribution in [0.2, 0.25) is 0 Å². The number of benzene rings is 2. The number of hydrogen-bond acceptors (Lipinski definition) is 5. The Bertz CT molecular complexity index is 1040. The highest BCUT2D eigenvalue weighted by atomic mass is 16.5. The minimum atomic E-state index is -1.05. The van der Waals surface area contributed by atoms with Gasteiger partial charge in [-0.2, -0.15) is 0 Å². The maximum atomic E-state index is 12.2. The molecule has 3 amide bonds. The molecule has 1 aliphatic heterocycles. The zero-order valence-corrected chi connectivity index (χ0v) is 18.0. The molecule has 2 aromatic carbocycles. The fourth-order valence-corrected chi connectivity index (χ4v) is 4.46. The third kappa shape index (κ3) is 4.82. The Morgan fingerprint density at radius 3 is 2.21 bits per heavy atom. The van der Waals surface area contributed by atoms with Crippen LogP contribution >= 0.6 is 0 Å². The number of ether oxygens (including phenoxy) is 1. The first kappa shape index (κ1) is 22.3. The van der Waals surface area contributed by atoms with Crippen LogP contribution in [-0.2, 0) is 19.1 Å². The molecular weight excluding hydrogens is 426 g/mol. The molecule has 9 heteroatoms. The zero-order chi connectivity index (χ0) is 23.4. The lowest BCUT2D eigenvalue weighted by Crippen LogP contribution is -2.47. The maximum absolute atomic E-state index is 12.2. The van der Waals surface area contributed by atoms with E-state index in [0.717, 1.165) is 22.3 Å². The highest BCUT2D eigenvalue weighted by molar-refractivity contribution is 5.89. The summed E-state index contributed by atoms with van der Waals surface area (Å²) in [4.78, 5) is 48.8. The highest BCUT2D eigenvalue weighted by Crippen LogP contribution is 2.44. The van der Waals surface area contributed by atoms with Crippen molar-refractivity contribution in [1.82, 2.24) is 15.5 Å². The van der Waals surface area contributed by atoms with Crippen LogP contribution < -0.4 is 10.6 Å². The van der Waals surface area contributed by atoms with Crippen molar-refractivity contribution in [3.63, 3.8) is 0 Å². The fourth-order valence-electron chi connectivity index (χ4n) is 4.46. The van der Waals surface area contributed by atoms with E-state index in [0.29, 0.717) is 19.4 Å². The van der Waals surface area contributed by atoms with Crippen LogP contribution in [0.25, 0.3) is 11.1 Å². The van der Waals surface area contributed by atoms with Crippen molar-refractivity contribution in [3.05, 3.63) is 59.7 Å². The van der Waals surface area contributed by atoms with Crippen LogP contribution in [0.15, 0.2) is 48.5 Å². The van der Waals surface area contributed by atoms with E-state index in [1.165, 1.54) is 4.90 Å². The molecule has 0 aromatic heterocycles. The molecule has 0 unspecified atom stereocenters. The summed E-state index contributed by atoms with van der Waals surface area (Å²) in [5.41, 5.74) is 4.41. The number of carbonyl (C=O) groups is 4. The van der Waals surface area contributed by atoms with Gasteiger partial charge in [-0.25, -0.2) is 9.59 Å². The standard InChI is InChI=1S/C24H25N3O6/c28-21(25-13-22(29)27-11-5-10-20(27)23(30)31)12-26-24(32)33-14-19-17-8-3-1-6-15(17)16-7-2-4-9-18(16)19/h1-4,6-9,19-20H,5,10-14H2,(H,25,28)(H,26,32)(H,30,31)/t20-/m0/s1. The van der Waals surface area contributed by atoms with E-state index in [-0.39, 0.29) is 25.6 Å². The number of nitrogens with one attached hydrogen (secondary N) is 2. The van der Waals surface area contributed by atoms with Gasteiger partial charge < -0.3 is 25.4 Å². The van der Waals surface area contributed by atoms with Crippen molar-refractivity contribution in [3.8, 4) is 11.1 Å². The molecule has 0 radical (unpaired) electrons. The molecular formula is C24H25N3O6. The molecule has 0 saturated carbocycles. The van der Waals surface area contributed by atoms with E-state index in [1.807, 2.05) is 48.5 Å². The molecule has 4 rings (SSSR count). The molecule has 1 heterocycles. The molecule has 1 saturated heterocycles. The Morgan fingerprint density at radius 2 is 1.58 bits per heavy atom. The van der Waals surface area contributed by atoms with Crippen molar-refractivity contribution in [2.45, 2.75) is 24.8 Å². The summed E-state index contributed by atoms with van der Waals surface area (Å²) < 4.78 is 5.37. The monoisotopic (exact) mass is 451 g/mol. The number of carbonyl (C=O) groups excluding carboxylic acids is 3. The molecule has 2 aromatic rings. The molecule has 2 aliphatic rings. The molecule has 1 aliphatic carbocycles. The average Bonchev–Trinajstić information content (AvgIpc) is 3.43. The predicted molar refractivity (Wildman–Crippen MR) is 118 cm³/mol. The number of nitrogens with zero attached hydrogens (tertiary/aromatic N) is 1. The van der Waals surface area contributed by atoms with Crippen LogP contribution in [0.1, 0.15) is 29.9 Å². The number of fused-ring (bicyclic) bond motifs is 3. The zero-order valence-electron chi connectivity index (χ0n) is 18.0.